The molecule has 2 heterocycles. The van der Waals surface area contributed by atoms with Gasteiger partial charge >= 0.3 is 0 Å². The number of alkyl halides is 1. The number of piperazine rings is 1. The molecule has 0 bridgehead atoms. The number of nitrogens with one attached hydrogen (secondary N) is 1. The molecule has 2 aliphatic rings. The monoisotopic (exact) mass is 417 g/mol. The molecular formula is C17H25BrClN3O2. The molecule has 0 radical (unpaired) electrons. The third kappa shape index (κ3) is 4.35. The lowest BCUT2D eigenvalue weighted by Gasteiger charge is -2.36. The Labute approximate surface area is 157 Å². The van der Waals surface area contributed by atoms with Crippen LogP contribution in [0.15, 0.2) is 12.1 Å². The van der Waals surface area contributed by atoms with Gasteiger partial charge in [-0.05, 0) is 18.6 Å². The zero-order chi connectivity index (χ0) is 16.9. The molecule has 24 heavy (non-hydrogen) atoms. The molecule has 134 valence electrons. The Morgan fingerprint density at radius 2 is 2.12 bits per heavy atom. The van der Waals surface area contributed by atoms with E-state index in [1.807, 2.05) is 12.1 Å². The van der Waals surface area contributed by atoms with Crippen LogP contribution in [0.4, 0.5) is 5.69 Å². The molecule has 0 saturated carbocycles. The van der Waals surface area contributed by atoms with Crippen LogP contribution in [0.25, 0.3) is 0 Å². The fourth-order valence-electron chi connectivity index (χ4n) is 3.12. The van der Waals surface area contributed by atoms with E-state index < -0.39 is 0 Å². The zero-order valence-electron chi connectivity index (χ0n) is 14.1. The van der Waals surface area contributed by atoms with Crippen molar-refractivity contribution in [3.63, 3.8) is 0 Å². The van der Waals surface area contributed by atoms with E-state index in [9.17, 15) is 0 Å². The first-order valence-corrected chi connectivity index (χ1v) is 9.79. The minimum atomic E-state index is 0.215. The molecule has 0 aliphatic carbocycles. The molecule has 0 aromatic heterocycles. The lowest BCUT2D eigenvalue weighted by molar-refractivity contribution is 0.0322. The largest absolute Gasteiger partial charge is 0.490 e. The van der Waals surface area contributed by atoms with Crippen LogP contribution in [0, 0.1) is 6.92 Å². The van der Waals surface area contributed by atoms with E-state index >= 15 is 0 Å². The van der Waals surface area contributed by atoms with Crippen molar-refractivity contribution in [1.29, 1.82) is 0 Å². The highest BCUT2D eigenvalue weighted by molar-refractivity contribution is 9.09. The SMILES string of the molecule is Cc1ccc(Cl)c(N2CCNCC2Br)c1OCCN1CCOCC1. The van der Waals surface area contributed by atoms with Crippen molar-refractivity contribution in [3.05, 3.63) is 22.7 Å². The average molecular weight is 419 g/mol. The molecular weight excluding hydrogens is 394 g/mol. The van der Waals surface area contributed by atoms with Crippen molar-refractivity contribution < 1.29 is 9.47 Å². The number of morpholine rings is 1. The average Bonchev–Trinajstić information content (AvgIpc) is 2.60. The van der Waals surface area contributed by atoms with Gasteiger partial charge in [0.1, 0.15) is 12.4 Å². The summed E-state index contributed by atoms with van der Waals surface area (Å²) >= 11 is 10.3. The van der Waals surface area contributed by atoms with Gasteiger partial charge in [0.15, 0.2) is 0 Å². The van der Waals surface area contributed by atoms with Crippen molar-refractivity contribution in [2.24, 2.45) is 0 Å². The predicted octanol–water partition coefficient (Wildman–Crippen LogP) is 2.49. The minimum absolute atomic E-state index is 0.215. The highest BCUT2D eigenvalue weighted by Crippen LogP contribution is 2.40. The van der Waals surface area contributed by atoms with E-state index in [1.165, 1.54) is 0 Å². The quantitative estimate of drug-likeness (QED) is 0.587. The number of anilines is 1. The van der Waals surface area contributed by atoms with Gasteiger partial charge in [-0.25, -0.2) is 0 Å². The van der Waals surface area contributed by atoms with Gasteiger partial charge in [-0.2, -0.15) is 0 Å². The van der Waals surface area contributed by atoms with Crippen LogP contribution in [-0.4, -0.2) is 68.9 Å². The summed E-state index contributed by atoms with van der Waals surface area (Å²) in [6.45, 7) is 9.96. The second kappa shape index (κ2) is 8.72. The highest BCUT2D eigenvalue weighted by atomic mass is 79.9. The summed E-state index contributed by atoms with van der Waals surface area (Å²) in [5.74, 6) is 0.905. The van der Waals surface area contributed by atoms with Crippen LogP contribution in [0.1, 0.15) is 5.56 Å². The molecule has 1 aromatic carbocycles. The number of benzene rings is 1. The van der Waals surface area contributed by atoms with Gasteiger partial charge in [0.05, 0.1) is 28.9 Å². The number of aryl methyl sites for hydroxylation is 1. The van der Waals surface area contributed by atoms with Gasteiger partial charge in [-0.15, -0.1) is 0 Å². The number of ether oxygens (including phenoxy) is 2. The third-order valence-electron chi connectivity index (χ3n) is 4.50. The van der Waals surface area contributed by atoms with Gasteiger partial charge < -0.3 is 19.7 Å². The normalized spacial score (nSPS) is 22.6. The highest BCUT2D eigenvalue weighted by Gasteiger charge is 2.26. The Bertz CT molecular complexity index is 555. The second-order valence-corrected chi connectivity index (χ2v) is 7.64. The maximum atomic E-state index is 6.54. The summed E-state index contributed by atoms with van der Waals surface area (Å²) in [5, 5.41) is 4.13. The van der Waals surface area contributed by atoms with Crippen LogP contribution in [0.5, 0.6) is 5.75 Å². The topological polar surface area (TPSA) is 37.0 Å². The van der Waals surface area contributed by atoms with Gasteiger partial charge in [-0.1, -0.05) is 33.6 Å². The first-order chi connectivity index (χ1) is 11.7. The fraction of sp³-hybridized carbons (Fsp3) is 0.647. The third-order valence-corrected chi connectivity index (χ3v) is 5.63. The molecule has 3 rings (SSSR count). The Balaban J connectivity index is 1.72. The number of hydrogen-bond acceptors (Lipinski definition) is 5. The number of rotatable bonds is 5. The van der Waals surface area contributed by atoms with Crippen LogP contribution in [-0.2, 0) is 4.74 Å². The Kier molecular flexibility index (Phi) is 6.63. The summed E-state index contributed by atoms with van der Waals surface area (Å²) < 4.78 is 11.6. The predicted molar refractivity (Wildman–Crippen MR) is 102 cm³/mol. The number of halogens is 2. The molecule has 7 heteroatoms. The van der Waals surface area contributed by atoms with Crippen molar-refractivity contribution in [2.75, 3.05) is 64.0 Å². The summed E-state index contributed by atoms with van der Waals surface area (Å²) in [6.07, 6.45) is 0. The maximum Gasteiger partial charge on any atom is 0.147 e. The molecule has 2 saturated heterocycles. The molecule has 1 N–H and O–H groups in total. The molecule has 5 nitrogen and oxygen atoms in total. The molecule has 2 fully saturated rings. The lowest BCUT2D eigenvalue weighted by atomic mass is 10.1. The van der Waals surface area contributed by atoms with Gasteiger partial charge in [-0.3, -0.25) is 4.90 Å². The molecule has 2 aliphatic heterocycles. The lowest BCUT2D eigenvalue weighted by Crippen LogP contribution is -2.48. The smallest absolute Gasteiger partial charge is 0.147 e. The van der Waals surface area contributed by atoms with Crippen LogP contribution >= 0.6 is 27.5 Å². The number of nitrogens with zero attached hydrogens (tertiary/aromatic N) is 2. The Morgan fingerprint density at radius 1 is 1.33 bits per heavy atom. The molecule has 1 unspecified atom stereocenters. The van der Waals surface area contributed by atoms with E-state index in [1.54, 1.807) is 0 Å². The van der Waals surface area contributed by atoms with Gasteiger partial charge in [0.2, 0.25) is 0 Å². The first-order valence-electron chi connectivity index (χ1n) is 8.50. The molecule has 0 spiro atoms. The summed E-state index contributed by atoms with van der Waals surface area (Å²) in [7, 11) is 0. The second-order valence-electron chi connectivity index (χ2n) is 6.18. The Morgan fingerprint density at radius 3 is 2.88 bits per heavy atom. The standard InChI is InChI=1S/C17H25BrClN3O2/c1-13-2-3-14(19)16(22-5-4-20-12-15(22)18)17(13)24-11-8-21-6-9-23-10-7-21/h2-3,15,20H,4-12H2,1H3. The van der Waals surface area contributed by atoms with Crippen molar-refractivity contribution in [2.45, 2.75) is 11.9 Å². The van der Waals surface area contributed by atoms with E-state index in [2.05, 4.69) is 38.0 Å². The van der Waals surface area contributed by atoms with E-state index in [0.29, 0.717) is 6.61 Å². The molecule has 0 amide bonds. The minimum Gasteiger partial charge on any atom is -0.490 e. The van der Waals surface area contributed by atoms with Crippen molar-refractivity contribution in [3.8, 4) is 5.75 Å². The summed E-state index contributed by atoms with van der Waals surface area (Å²) in [6, 6.07) is 3.99. The van der Waals surface area contributed by atoms with E-state index in [0.717, 1.165) is 74.5 Å². The summed E-state index contributed by atoms with van der Waals surface area (Å²) in [5.41, 5.74) is 2.12. The Hall–Kier alpha value is -0.530. The molecule has 1 aromatic rings. The van der Waals surface area contributed by atoms with Crippen LogP contribution in [0.2, 0.25) is 5.02 Å². The van der Waals surface area contributed by atoms with E-state index in [-0.39, 0.29) is 4.95 Å². The van der Waals surface area contributed by atoms with Gasteiger partial charge in [0.25, 0.3) is 0 Å². The molecule has 1 atom stereocenters. The number of hydrogen-bond donors (Lipinski definition) is 1. The first kappa shape index (κ1) is 18.3. The van der Waals surface area contributed by atoms with Crippen LogP contribution in [0.3, 0.4) is 0 Å². The van der Waals surface area contributed by atoms with Crippen LogP contribution < -0.4 is 15.0 Å². The van der Waals surface area contributed by atoms with Crippen molar-refractivity contribution >= 4 is 33.2 Å². The maximum absolute atomic E-state index is 6.54. The zero-order valence-corrected chi connectivity index (χ0v) is 16.4. The van der Waals surface area contributed by atoms with E-state index in [4.69, 9.17) is 21.1 Å². The fourth-order valence-corrected chi connectivity index (χ4v) is 4.02. The summed E-state index contributed by atoms with van der Waals surface area (Å²) in [4.78, 5) is 4.88. The van der Waals surface area contributed by atoms with Crippen molar-refractivity contribution in [1.82, 2.24) is 10.2 Å². The van der Waals surface area contributed by atoms with Gasteiger partial charge in [0, 0.05) is 39.3 Å².